The first kappa shape index (κ1) is 11.5. The van der Waals surface area contributed by atoms with Crippen LogP contribution < -0.4 is 5.73 Å². The van der Waals surface area contributed by atoms with Crippen LogP contribution in [0.5, 0.6) is 0 Å². The SMILES string of the molecule is C=C(CCN)CCc1cccc(Br)c1. The van der Waals surface area contributed by atoms with E-state index in [0.29, 0.717) is 6.54 Å². The van der Waals surface area contributed by atoms with Gasteiger partial charge in [-0.2, -0.15) is 0 Å². The molecule has 0 aromatic heterocycles. The summed E-state index contributed by atoms with van der Waals surface area (Å²) < 4.78 is 1.14. The van der Waals surface area contributed by atoms with Crippen LogP contribution in [0, 0.1) is 0 Å². The second-order valence-corrected chi connectivity index (χ2v) is 4.33. The minimum Gasteiger partial charge on any atom is -0.330 e. The molecule has 1 aromatic carbocycles. The minimum absolute atomic E-state index is 0.706. The largest absolute Gasteiger partial charge is 0.330 e. The summed E-state index contributed by atoms with van der Waals surface area (Å²) in [4.78, 5) is 0. The average molecular weight is 254 g/mol. The second kappa shape index (κ2) is 5.99. The van der Waals surface area contributed by atoms with E-state index in [2.05, 4.69) is 40.7 Å². The summed E-state index contributed by atoms with van der Waals surface area (Å²) >= 11 is 3.46. The Labute approximate surface area is 94.1 Å². The van der Waals surface area contributed by atoms with Gasteiger partial charge in [0.05, 0.1) is 0 Å². The third kappa shape index (κ3) is 4.07. The van der Waals surface area contributed by atoms with E-state index in [1.807, 2.05) is 6.07 Å². The lowest BCUT2D eigenvalue weighted by Gasteiger charge is -2.04. The molecule has 1 aromatic rings. The zero-order valence-electron chi connectivity index (χ0n) is 8.30. The molecule has 0 atom stereocenters. The maximum absolute atomic E-state index is 5.45. The fourth-order valence-electron chi connectivity index (χ4n) is 1.34. The van der Waals surface area contributed by atoms with Crippen molar-refractivity contribution in [3.8, 4) is 0 Å². The van der Waals surface area contributed by atoms with Crippen LogP contribution in [-0.4, -0.2) is 6.54 Å². The van der Waals surface area contributed by atoms with E-state index in [9.17, 15) is 0 Å². The third-order valence-electron chi connectivity index (χ3n) is 2.15. The van der Waals surface area contributed by atoms with E-state index >= 15 is 0 Å². The number of benzene rings is 1. The van der Waals surface area contributed by atoms with Crippen molar-refractivity contribution in [2.24, 2.45) is 5.73 Å². The first-order valence-electron chi connectivity index (χ1n) is 4.83. The maximum Gasteiger partial charge on any atom is 0.0177 e. The first-order chi connectivity index (χ1) is 6.72. The van der Waals surface area contributed by atoms with Gasteiger partial charge in [-0.25, -0.2) is 0 Å². The number of nitrogens with two attached hydrogens (primary N) is 1. The number of aryl methyl sites for hydroxylation is 1. The van der Waals surface area contributed by atoms with E-state index < -0.39 is 0 Å². The molecule has 0 saturated carbocycles. The van der Waals surface area contributed by atoms with Gasteiger partial charge >= 0.3 is 0 Å². The van der Waals surface area contributed by atoms with Crippen molar-refractivity contribution >= 4 is 15.9 Å². The second-order valence-electron chi connectivity index (χ2n) is 3.42. The fraction of sp³-hybridized carbons (Fsp3) is 0.333. The summed E-state index contributed by atoms with van der Waals surface area (Å²) in [5, 5.41) is 0. The molecule has 2 heteroatoms. The number of halogens is 1. The Bertz CT molecular complexity index is 307. The molecule has 0 aliphatic rings. The van der Waals surface area contributed by atoms with E-state index in [4.69, 9.17) is 5.73 Å². The molecule has 14 heavy (non-hydrogen) atoms. The molecule has 2 N–H and O–H groups in total. The summed E-state index contributed by atoms with van der Waals surface area (Å²) in [7, 11) is 0. The van der Waals surface area contributed by atoms with Crippen molar-refractivity contribution in [1.29, 1.82) is 0 Å². The van der Waals surface area contributed by atoms with Gasteiger partial charge in [-0.1, -0.05) is 40.2 Å². The molecule has 1 rings (SSSR count). The highest BCUT2D eigenvalue weighted by molar-refractivity contribution is 9.10. The molecular weight excluding hydrogens is 238 g/mol. The summed E-state index contributed by atoms with van der Waals surface area (Å²) in [6.07, 6.45) is 3.03. The molecule has 0 heterocycles. The molecule has 0 aliphatic heterocycles. The zero-order valence-corrected chi connectivity index (χ0v) is 9.89. The molecule has 0 amide bonds. The first-order valence-corrected chi connectivity index (χ1v) is 5.63. The lowest BCUT2D eigenvalue weighted by atomic mass is 10.0. The Hall–Kier alpha value is -0.600. The quantitative estimate of drug-likeness (QED) is 0.802. The summed E-state index contributed by atoms with van der Waals surface area (Å²) in [5.74, 6) is 0. The van der Waals surface area contributed by atoms with Gasteiger partial charge in [-0.3, -0.25) is 0 Å². The van der Waals surface area contributed by atoms with Crippen LogP contribution in [0.15, 0.2) is 40.9 Å². The summed E-state index contributed by atoms with van der Waals surface area (Å²) in [6, 6.07) is 8.39. The predicted molar refractivity (Wildman–Crippen MR) is 65.3 cm³/mol. The maximum atomic E-state index is 5.45. The van der Waals surface area contributed by atoms with E-state index in [-0.39, 0.29) is 0 Å². The highest BCUT2D eigenvalue weighted by atomic mass is 79.9. The lowest BCUT2D eigenvalue weighted by molar-refractivity contribution is 0.847. The number of hydrogen-bond acceptors (Lipinski definition) is 1. The molecule has 0 radical (unpaired) electrons. The Balaban J connectivity index is 2.41. The van der Waals surface area contributed by atoms with Crippen LogP contribution in [0.25, 0.3) is 0 Å². The van der Waals surface area contributed by atoms with E-state index in [1.54, 1.807) is 0 Å². The van der Waals surface area contributed by atoms with Crippen molar-refractivity contribution in [3.05, 3.63) is 46.5 Å². The van der Waals surface area contributed by atoms with Crippen LogP contribution in [0.4, 0.5) is 0 Å². The van der Waals surface area contributed by atoms with Gasteiger partial charge in [0.2, 0.25) is 0 Å². The average Bonchev–Trinajstić information content (AvgIpc) is 2.15. The monoisotopic (exact) mass is 253 g/mol. The standard InChI is InChI=1S/C12H16BrN/c1-10(7-8-14)5-6-11-3-2-4-12(13)9-11/h2-4,9H,1,5-8,14H2. The van der Waals surface area contributed by atoms with Gasteiger partial charge in [0, 0.05) is 4.47 Å². The number of hydrogen-bond donors (Lipinski definition) is 1. The van der Waals surface area contributed by atoms with E-state index in [0.717, 1.165) is 23.7 Å². The molecular formula is C12H16BrN. The normalized spacial score (nSPS) is 10.1. The Kier molecular flexibility index (Phi) is 4.91. The van der Waals surface area contributed by atoms with Gasteiger partial charge in [-0.05, 0) is 43.5 Å². The summed E-state index contributed by atoms with van der Waals surface area (Å²) in [6.45, 7) is 4.70. The Morgan fingerprint density at radius 2 is 2.14 bits per heavy atom. The van der Waals surface area contributed by atoms with Crippen LogP contribution in [0.1, 0.15) is 18.4 Å². The molecule has 1 nitrogen and oxygen atoms in total. The predicted octanol–water partition coefficient (Wildman–Crippen LogP) is 3.29. The topological polar surface area (TPSA) is 26.0 Å². The van der Waals surface area contributed by atoms with Crippen molar-refractivity contribution in [2.75, 3.05) is 6.54 Å². The van der Waals surface area contributed by atoms with Crippen molar-refractivity contribution in [3.63, 3.8) is 0 Å². The highest BCUT2D eigenvalue weighted by Gasteiger charge is 1.96. The number of rotatable bonds is 5. The van der Waals surface area contributed by atoms with Crippen LogP contribution in [0.2, 0.25) is 0 Å². The van der Waals surface area contributed by atoms with Gasteiger partial charge < -0.3 is 5.73 Å². The van der Waals surface area contributed by atoms with Crippen molar-refractivity contribution in [2.45, 2.75) is 19.3 Å². The van der Waals surface area contributed by atoms with Crippen LogP contribution in [-0.2, 0) is 6.42 Å². The zero-order chi connectivity index (χ0) is 10.4. The third-order valence-corrected chi connectivity index (χ3v) is 2.65. The molecule has 76 valence electrons. The van der Waals surface area contributed by atoms with Crippen LogP contribution >= 0.6 is 15.9 Å². The van der Waals surface area contributed by atoms with E-state index in [1.165, 1.54) is 11.1 Å². The Morgan fingerprint density at radius 1 is 1.36 bits per heavy atom. The van der Waals surface area contributed by atoms with Crippen LogP contribution in [0.3, 0.4) is 0 Å². The van der Waals surface area contributed by atoms with Gasteiger partial charge in [0.1, 0.15) is 0 Å². The van der Waals surface area contributed by atoms with Crippen molar-refractivity contribution in [1.82, 2.24) is 0 Å². The molecule has 0 bridgehead atoms. The summed E-state index contributed by atoms with van der Waals surface area (Å²) in [5.41, 5.74) is 8.04. The van der Waals surface area contributed by atoms with Gasteiger partial charge in [0.15, 0.2) is 0 Å². The van der Waals surface area contributed by atoms with Gasteiger partial charge in [-0.15, -0.1) is 0 Å². The molecule has 0 unspecified atom stereocenters. The molecule has 0 spiro atoms. The molecule has 0 fully saturated rings. The lowest BCUT2D eigenvalue weighted by Crippen LogP contribution is -2.00. The molecule has 0 saturated heterocycles. The fourth-order valence-corrected chi connectivity index (χ4v) is 1.79. The highest BCUT2D eigenvalue weighted by Crippen LogP contribution is 2.15. The minimum atomic E-state index is 0.706. The Morgan fingerprint density at radius 3 is 2.79 bits per heavy atom. The van der Waals surface area contributed by atoms with Crippen molar-refractivity contribution < 1.29 is 0 Å². The smallest absolute Gasteiger partial charge is 0.0177 e. The molecule has 0 aliphatic carbocycles. The van der Waals surface area contributed by atoms with Gasteiger partial charge in [0.25, 0.3) is 0 Å².